The van der Waals surface area contributed by atoms with Gasteiger partial charge in [-0.1, -0.05) is 6.07 Å². The third-order valence-electron chi connectivity index (χ3n) is 6.13. The molecule has 1 aliphatic rings. The second kappa shape index (κ2) is 9.88. The standard InChI is InChI=1S/C27H24F4N4O3/c1-15-10-16(2-6-20(15)26(37)34-18-4-5-18)22-13-33-25-21(32-9-8-27(29,30)31)12-19(14-35(22)25)38-24-11-17(28)3-7-23(24)36/h2-3,6-7,10-14,18,32,36H,4-5,8-9H2,1H3,(H,34,37). The van der Waals surface area contributed by atoms with Crippen LogP contribution in [0.25, 0.3) is 16.9 Å². The maximum Gasteiger partial charge on any atom is 0.390 e. The van der Waals surface area contributed by atoms with Gasteiger partial charge in [-0.15, -0.1) is 0 Å². The van der Waals surface area contributed by atoms with Gasteiger partial charge in [0.15, 0.2) is 17.1 Å². The largest absolute Gasteiger partial charge is 0.504 e. The number of aromatic nitrogens is 2. The Morgan fingerprint density at radius 3 is 2.68 bits per heavy atom. The van der Waals surface area contributed by atoms with Gasteiger partial charge in [0, 0.05) is 35.8 Å². The number of hydrogen-bond acceptors (Lipinski definition) is 5. The second-order valence-corrected chi connectivity index (χ2v) is 9.21. The van der Waals surface area contributed by atoms with Crippen LogP contribution in [0.5, 0.6) is 17.2 Å². The summed E-state index contributed by atoms with van der Waals surface area (Å²) >= 11 is 0. The number of nitrogens with one attached hydrogen (secondary N) is 2. The van der Waals surface area contributed by atoms with Crippen LogP contribution in [-0.2, 0) is 0 Å². The third-order valence-corrected chi connectivity index (χ3v) is 6.13. The highest BCUT2D eigenvalue weighted by Crippen LogP contribution is 2.35. The van der Waals surface area contributed by atoms with Gasteiger partial charge in [-0.3, -0.25) is 9.20 Å². The van der Waals surface area contributed by atoms with Crippen molar-refractivity contribution in [2.24, 2.45) is 0 Å². The van der Waals surface area contributed by atoms with Crippen LogP contribution in [0.4, 0.5) is 23.2 Å². The summed E-state index contributed by atoms with van der Waals surface area (Å²) in [4.78, 5) is 16.9. The Hall–Kier alpha value is -4.28. The fraction of sp³-hybridized carbons (Fsp3) is 0.259. The number of benzene rings is 2. The number of halogens is 4. The summed E-state index contributed by atoms with van der Waals surface area (Å²) in [6, 6.07) is 10.2. The van der Waals surface area contributed by atoms with Gasteiger partial charge < -0.3 is 20.5 Å². The summed E-state index contributed by atoms with van der Waals surface area (Å²) in [5.74, 6) is -1.11. The number of hydrogen-bond donors (Lipinski definition) is 3. The van der Waals surface area contributed by atoms with Crippen LogP contribution < -0.4 is 15.4 Å². The van der Waals surface area contributed by atoms with Crippen LogP contribution in [0.2, 0.25) is 0 Å². The molecule has 0 spiro atoms. The van der Waals surface area contributed by atoms with Crippen molar-refractivity contribution >= 4 is 17.2 Å². The number of ether oxygens (including phenoxy) is 1. The van der Waals surface area contributed by atoms with Gasteiger partial charge in [-0.05, 0) is 49.6 Å². The molecular weight excluding hydrogens is 504 g/mol. The van der Waals surface area contributed by atoms with Crippen molar-refractivity contribution in [3.63, 3.8) is 0 Å². The quantitative estimate of drug-likeness (QED) is 0.237. The molecule has 0 atom stereocenters. The zero-order valence-corrected chi connectivity index (χ0v) is 20.3. The molecule has 2 aromatic carbocycles. The second-order valence-electron chi connectivity index (χ2n) is 9.21. The number of alkyl halides is 3. The van der Waals surface area contributed by atoms with E-state index in [1.165, 1.54) is 6.07 Å². The van der Waals surface area contributed by atoms with Crippen LogP contribution >= 0.6 is 0 Å². The fourth-order valence-corrected chi connectivity index (χ4v) is 4.07. The molecule has 0 unspecified atom stereocenters. The Balaban J connectivity index is 1.53. The van der Waals surface area contributed by atoms with E-state index in [-0.39, 0.29) is 34.9 Å². The van der Waals surface area contributed by atoms with Crippen LogP contribution in [0.15, 0.2) is 54.9 Å². The molecule has 0 bridgehead atoms. The summed E-state index contributed by atoms with van der Waals surface area (Å²) in [5.41, 5.74) is 3.19. The van der Waals surface area contributed by atoms with E-state index in [4.69, 9.17) is 4.74 Å². The number of amides is 1. The van der Waals surface area contributed by atoms with Crippen molar-refractivity contribution in [2.75, 3.05) is 11.9 Å². The smallest absolute Gasteiger partial charge is 0.390 e. The number of phenolic OH excluding ortho intramolecular Hbond substituents is 1. The summed E-state index contributed by atoms with van der Waals surface area (Å²) in [7, 11) is 0. The Kier molecular flexibility index (Phi) is 6.60. The van der Waals surface area contributed by atoms with E-state index in [0.29, 0.717) is 22.5 Å². The number of aromatic hydroxyl groups is 1. The van der Waals surface area contributed by atoms with Crippen LogP contribution in [0, 0.1) is 12.7 Å². The van der Waals surface area contributed by atoms with Crippen molar-refractivity contribution in [1.29, 1.82) is 0 Å². The van der Waals surface area contributed by atoms with Crippen LogP contribution in [0.3, 0.4) is 0 Å². The number of rotatable bonds is 8. The molecule has 38 heavy (non-hydrogen) atoms. The van der Waals surface area contributed by atoms with E-state index in [9.17, 15) is 27.5 Å². The Morgan fingerprint density at radius 2 is 1.97 bits per heavy atom. The number of fused-ring (bicyclic) bond motifs is 1. The Bertz CT molecular complexity index is 1510. The number of phenols is 1. The van der Waals surface area contributed by atoms with Gasteiger partial charge in [-0.25, -0.2) is 9.37 Å². The predicted molar refractivity (Wildman–Crippen MR) is 133 cm³/mol. The highest BCUT2D eigenvalue weighted by Gasteiger charge is 2.27. The lowest BCUT2D eigenvalue weighted by Crippen LogP contribution is -2.26. The molecule has 7 nitrogen and oxygen atoms in total. The van der Waals surface area contributed by atoms with Gasteiger partial charge in [0.05, 0.1) is 30.2 Å². The number of carbonyl (C=O) groups is 1. The zero-order valence-electron chi connectivity index (χ0n) is 20.3. The average Bonchev–Trinajstić information content (AvgIpc) is 3.55. The van der Waals surface area contributed by atoms with E-state index in [1.54, 1.807) is 28.9 Å². The lowest BCUT2D eigenvalue weighted by molar-refractivity contribution is -0.131. The van der Waals surface area contributed by atoms with Crippen LogP contribution in [-0.4, -0.2) is 39.2 Å². The summed E-state index contributed by atoms with van der Waals surface area (Å²) < 4.78 is 59.4. The predicted octanol–water partition coefficient (Wildman–Crippen LogP) is 6.20. The molecule has 3 N–H and O–H groups in total. The van der Waals surface area contributed by atoms with Gasteiger partial charge in [-0.2, -0.15) is 13.2 Å². The number of aryl methyl sites for hydroxylation is 1. The topological polar surface area (TPSA) is 87.9 Å². The van der Waals surface area contributed by atoms with Crippen molar-refractivity contribution in [3.8, 4) is 28.5 Å². The number of pyridine rings is 1. The normalized spacial score (nSPS) is 13.5. The van der Waals surface area contributed by atoms with E-state index >= 15 is 0 Å². The Labute approximate surface area is 215 Å². The molecule has 1 saturated carbocycles. The molecule has 1 fully saturated rings. The molecule has 2 aromatic heterocycles. The molecule has 1 amide bonds. The summed E-state index contributed by atoms with van der Waals surface area (Å²) in [5, 5.41) is 15.8. The summed E-state index contributed by atoms with van der Waals surface area (Å²) in [6.45, 7) is 1.42. The van der Waals surface area contributed by atoms with E-state index in [1.807, 2.05) is 13.0 Å². The van der Waals surface area contributed by atoms with Crippen molar-refractivity contribution < 1.29 is 32.2 Å². The first-order valence-corrected chi connectivity index (χ1v) is 12.0. The molecule has 5 rings (SSSR count). The van der Waals surface area contributed by atoms with Gasteiger partial charge in [0.1, 0.15) is 11.6 Å². The maximum atomic E-state index is 13.7. The molecule has 198 valence electrons. The van der Waals surface area contributed by atoms with Crippen molar-refractivity contribution in [2.45, 2.75) is 38.4 Å². The van der Waals surface area contributed by atoms with E-state index < -0.39 is 25.0 Å². The molecule has 0 saturated heterocycles. The van der Waals surface area contributed by atoms with E-state index in [0.717, 1.165) is 36.6 Å². The first kappa shape index (κ1) is 25.4. The first-order chi connectivity index (χ1) is 18.1. The minimum Gasteiger partial charge on any atom is -0.504 e. The lowest BCUT2D eigenvalue weighted by atomic mass is 10.0. The minimum atomic E-state index is -4.35. The highest BCUT2D eigenvalue weighted by atomic mass is 19.4. The molecule has 1 aliphatic carbocycles. The lowest BCUT2D eigenvalue weighted by Gasteiger charge is -2.14. The fourth-order valence-electron chi connectivity index (χ4n) is 4.07. The Morgan fingerprint density at radius 1 is 1.18 bits per heavy atom. The molecule has 0 radical (unpaired) electrons. The molecular formula is C27H24F4N4O3. The van der Waals surface area contributed by atoms with Gasteiger partial charge >= 0.3 is 6.18 Å². The van der Waals surface area contributed by atoms with Crippen molar-refractivity contribution in [3.05, 3.63) is 71.8 Å². The molecule has 11 heteroatoms. The first-order valence-electron chi connectivity index (χ1n) is 12.0. The van der Waals surface area contributed by atoms with Gasteiger partial charge in [0.2, 0.25) is 0 Å². The maximum absolute atomic E-state index is 13.7. The number of carbonyl (C=O) groups excluding carboxylic acids is 1. The summed E-state index contributed by atoms with van der Waals surface area (Å²) in [6.07, 6.45) is -0.363. The molecule has 0 aliphatic heterocycles. The highest BCUT2D eigenvalue weighted by molar-refractivity contribution is 5.96. The van der Waals surface area contributed by atoms with E-state index in [2.05, 4.69) is 15.6 Å². The van der Waals surface area contributed by atoms with Crippen molar-refractivity contribution in [1.82, 2.24) is 14.7 Å². The monoisotopic (exact) mass is 528 g/mol. The van der Waals surface area contributed by atoms with Crippen LogP contribution in [0.1, 0.15) is 35.2 Å². The third kappa shape index (κ3) is 5.66. The van der Waals surface area contributed by atoms with Gasteiger partial charge in [0.25, 0.3) is 5.91 Å². The SMILES string of the molecule is Cc1cc(-c2cnc3c(NCCC(F)(F)F)cc(Oc4cc(F)ccc4O)cn23)ccc1C(=O)NC1CC1. The molecule has 2 heterocycles. The average molecular weight is 529 g/mol. The minimum absolute atomic E-state index is 0.129. The molecule has 4 aromatic rings. The number of anilines is 1. The number of nitrogens with zero attached hydrogens (tertiary/aromatic N) is 2. The zero-order chi connectivity index (χ0) is 27.0. The number of imidazole rings is 1.